The first-order valence-corrected chi connectivity index (χ1v) is 11.3. The van der Waals surface area contributed by atoms with Gasteiger partial charge < -0.3 is 23.9 Å². The Morgan fingerprint density at radius 1 is 1.09 bits per heavy atom. The number of piperidine rings is 1. The number of amides is 2. The summed E-state index contributed by atoms with van der Waals surface area (Å²) in [5.41, 5.74) is 1.74. The summed E-state index contributed by atoms with van der Waals surface area (Å²) in [6, 6.07) is 16.1. The molecule has 8 nitrogen and oxygen atoms in total. The number of carbonyl (C=O) groups is 2. The van der Waals surface area contributed by atoms with Crippen molar-refractivity contribution in [2.24, 2.45) is 5.92 Å². The van der Waals surface area contributed by atoms with Crippen LogP contribution in [-0.4, -0.2) is 42.1 Å². The molecule has 1 fully saturated rings. The second-order valence-corrected chi connectivity index (χ2v) is 8.54. The number of ether oxygens (including phenoxy) is 1. The average Bonchev–Trinajstić information content (AvgIpc) is 3.50. The Balaban J connectivity index is 1.42. The van der Waals surface area contributed by atoms with E-state index in [1.165, 1.54) is 0 Å². The minimum absolute atomic E-state index is 0.0984. The predicted molar refractivity (Wildman–Crippen MR) is 127 cm³/mol. The highest BCUT2D eigenvalue weighted by atomic mass is 16.5. The molecule has 0 radical (unpaired) electrons. The summed E-state index contributed by atoms with van der Waals surface area (Å²) in [4.78, 5) is 28.2. The van der Waals surface area contributed by atoms with Crippen LogP contribution < -0.4 is 10.1 Å². The molecule has 1 aliphatic heterocycles. The number of aromatic nitrogens is 1. The van der Waals surface area contributed by atoms with Crippen LogP contribution in [0.4, 0.5) is 5.69 Å². The highest BCUT2D eigenvalue weighted by Crippen LogP contribution is 2.33. The number of hydrogen-bond donors (Lipinski definition) is 1. The molecule has 1 N–H and O–H groups in total. The van der Waals surface area contributed by atoms with E-state index in [0.29, 0.717) is 47.2 Å². The van der Waals surface area contributed by atoms with Crippen molar-refractivity contribution >= 4 is 28.5 Å². The van der Waals surface area contributed by atoms with Gasteiger partial charge in [-0.2, -0.15) is 0 Å². The second kappa shape index (κ2) is 9.05. The van der Waals surface area contributed by atoms with Gasteiger partial charge in [-0.1, -0.05) is 24.2 Å². The fourth-order valence-corrected chi connectivity index (χ4v) is 4.13. The third-order valence-corrected chi connectivity index (χ3v) is 6.22. The number of nitrogens with zero attached hydrogens (tertiary/aromatic N) is 2. The number of hydrogen-bond acceptors (Lipinski definition) is 6. The Labute approximate surface area is 196 Å². The number of furan rings is 1. The van der Waals surface area contributed by atoms with Crippen molar-refractivity contribution < 1.29 is 23.3 Å². The van der Waals surface area contributed by atoms with Crippen molar-refractivity contribution in [1.82, 2.24) is 10.1 Å². The Kier molecular flexibility index (Phi) is 5.79. The van der Waals surface area contributed by atoms with E-state index < -0.39 is 5.91 Å². The van der Waals surface area contributed by atoms with Gasteiger partial charge in [-0.05, 0) is 55.2 Å². The third-order valence-electron chi connectivity index (χ3n) is 6.22. The molecule has 8 heteroatoms. The molecule has 0 saturated carbocycles. The standard InChI is InChI=1S/C26H25N3O5/c1-16-11-13-29(14-12-16)26(31)24-23(19-5-3-4-6-21(19)33-24)27-25(30)20-15-22(34-28-20)17-7-9-18(32-2)10-8-17/h3-10,15-16H,11-14H2,1-2H3,(H,27,30). The zero-order valence-corrected chi connectivity index (χ0v) is 19.0. The Morgan fingerprint density at radius 3 is 2.56 bits per heavy atom. The first-order chi connectivity index (χ1) is 16.5. The first-order valence-electron chi connectivity index (χ1n) is 11.3. The van der Waals surface area contributed by atoms with Crippen LogP contribution >= 0.6 is 0 Å². The maximum atomic E-state index is 13.3. The monoisotopic (exact) mass is 459 g/mol. The molecule has 174 valence electrons. The van der Waals surface area contributed by atoms with Gasteiger partial charge in [0.2, 0.25) is 5.76 Å². The molecule has 2 aromatic heterocycles. The van der Waals surface area contributed by atoms with Crippen LogP contribution in [0.2, 0.25) is 0 Å². The fourth-order valence-electron chi connectivity index (χ4n) is 4.13. The second-order valence-electron chi connectivity index (χ2n) is 8.54. The molecule has 0 spiro atoms. The SMILES string of the molecule is COc1ccc(-c2cc(C(=O)Nc3c(C(=O)N4CCC(C)CC4)oc4ccccc34)no2)cc1. The van der Waals surface area contributed by atoms with Crippen LogP contribution in [0.1, 0.15) is 40.8 Å². The lowest BCUT2D eigenvalue weighted by Crippen LogP contribution is -2.38. The minimum atomic E-state index is -0.489. The number of anilines is 1. The fraction of sp³-hybridized carbons (Fsp3) is 0.269. The van der Waals surface area contributed by atoms with E-state index >= 15 is 0 Å². The summed E-state index contributed by atoms with van der Waals surface area (Å²) in [6.07, 6.45) is 1.89. The lowest BCUT2D eigenvalue weighted by atomic mass is 9.99. The van der Waals surface area contributed by atoms with Crippen molar-refractivity contribution in [2.75, 3.05) is 25.5 Å². The maximum absolute atomic E-state index is 13.3. The number of rotatable bonds is 5. The molecule has 5 rings (SSSR count). The van der Waals surface area contributed by atoms with Crippen molar-refractivity contribution in [1.29, 1.82) is 0 Å². The van der Waals surface area contributed by atoms with E-state index in [1.54, 1.807) is 36.3 Å². The van der Waals surface area contributed by atoms with Gasteiger partial charge in [-0.25, -0.2) is 0 Å². The van der Waals surface area contributed by atoms with Crippen molar-refractivity contribution in [3.8, 4) is 17.1 Å². The highest BCUT2D eigenvalue weighted by molar-refractivity contribution is 6.14. The summed E-state index contributed by atoms with van der Waals surface area (Å²) in [6.45, 7) is 3.52. The highest BCUT2D eigenvalue weighted by Gasteiger charge is 2.29. The molecule has 0 unspecified atom stereocenters. The van der Waals surface area contributed by atoms with Crippen molar-refractivity contribution in [3.63, 3.8) is 0 Å². The summed E-state index contributed by atoms with van der Waals surface area (Å²) >= 11 is 0. The van der Waals surface area contributed by atoms with Gasteiger partial charge >= 0.3 is 0 Å². The number of benzene rings is 2. The quantitative estimate of drug-likeness (QED) is 0.439. The molecular formula is C26H25N3O5. The van der Waals surface area contributed by atoms with E-state index in [4.69, 9.17) is 13.7 Å². The van der Waals surface area contributed by atoms with Gasteiger partial charge in [-0.3, -0.25) is 9.59 Å². The molecule has 0 aliphatic carbocycles. The average molecular weight is 460 g/mol. The summed E-state index contributed by atoms with van der Waals surface area (Å²) in [7, 11) is 1.59. The van der Waals surface area contributed by atoms with E-state index in [1.807, 2.05) is 30.3 Å². The Hall–Kier alpha value is -4.07. The summed E-state index contributed by atoms with van der Waals surface area (Å²) < 4.78 is 16.5. The predicted octanol–water partition coefficient (Wildman–Crippen LogP) is 5.22. The number of methoxy groups -OCH3 is 1. The summed E-state index contributed by atoms with van der Waals surface area (Å²) in [5.74, 6) is 1.17. The van der Waals surface area contributed by atoms with E-state index in [2.05, 4.69) is 17.4 Å². The summed E-state index contributed by atoms with van der Waals surface area (Å²) in [5, 5.41) is 7.42. The number of fused-ring (bicyclic) bond motifs is 1. The molecule has 2 aromatic carbocycles. The van der Waals surface area contributed by atoms with Crippen molar-refractivity contribution in [2.45, 2.75) is 19.8 Å². The van der Waals surface area contributed by atoms with E-state index in [0.717, 1.165) is 18.4 Å². The topological polar surface area (TPSA) is 97.8 Å². The number of likely N-dealkylation sites (tertiary alicyclic amines) is 1. The smallest absolute Gasteiger partial charge is 0.291 e. The van der Waals surface area contributed by atoms with Crippen LogP contribution in [0, 0.1) is 5.92 Å². The van der Waals surface area contributed by atoms with E-state index in [-0.39, 0.29) is 17.4 Å². The first kappa shape index (κ1) is 21.8. The van der Waals surface area contributed by atoms with Crippen LogP contribution in [0.3, 0.4) is 0 Å². The number of carbonyl (C=O) groups excluding carboxylic acids is 2. The van der Waals surface area contributed by atoms with Crippen LogP contribution in [0.25, 0.3) is 22.3 Å². The van der Waals surface area contributed by atoms with Crippen molar-refractivity contribution in [3.05, 3.63) is 66.1 Å². The van der Waals surface area contributed by atoms with Gasteiger partial charge in [0.25, 0.3) is 11.8 Å². The molecule has 4 aromatic rings. The van der Waals surface area contributed by atoms with Crippen LogP contribution in [0.15, 0.2) is 63.5 Å². The van der Waals surface area contributed by atoms with Gasteiger partial charge in [0.05, 0.1) is 7.11 Å². The Bertz CT molecular complexity index is 1330. The third kappa shape index (κ3) is 4.14. The minimum Gasteiger partial charge on any atom is -0.497 e. The maximum Gasteiger partial charge on any atom is 0.291 e. The van der Waals surface area contributed by atoms with Gasteiger partial charge in [0.15, 0.2) is 11.5 Å². The molecule has 1 saturated heterocycles. The van der Waals surface area contributed by atoms with E-state index in [9.17, 15) is 9.59 Å². The van der Waals surface area contributed by atoms with Gasteiger partial charge in [0, 0.05) is 30.1 Å². The largest absolute Gasteiger partial charge is 0.497 e. The van der Waals surface area contributed by atoms with Crippen LogP contribution in [-0.2, 0) is 0 Å². The molecule has 0 bridgehead atoms. The normalized spacial score (nSPS) is 14.4. The number of para-hydroxylation sites is 1. The zero-order chi connectivity index (χ0) is 23.7. The lowest BCUT2D eigenvalue weighted by Gasteiger charge is -2.29. The Morgan fingerprint density at radius 2 is 1.82 bits per heavy atom. The van der Waals surface area contributed by atoms with Crippen LogP contribution in [0.5, 0.6) is 5.75 Å². The zero-order valence-electron chi connectivity index (χ0n) is 19.0. The van der Waals surface area contributed by atoms with Gasteiger partial charge in [-0.15, -0.1) is 0 Å². The molecule has 34 heavy (non-hydrogen) atoms. The number of nitrogens with one attached hydrogen (secondary N) is 1. The van der Waals surface area contributed by atoms with Gasteiger partial charge in [0.1, 0.15) is 17.0 Å². The molecule has 3 heterocycles. The molecular weight excluding hydrogens is 434 g/mol. The molecule has 1 aliphatic rings. The molecule has 2 amide bonds. The molecule has 0 atom stereocenters. The lowest BCUT2D eigenvalue weighted by molar-refractivity contribution is 0.0669.